The molecule has 0 saturated heterocycles. The molecule has 154 valence electrons. The van der Waals surface area contributed by atoms with Crippen molar-refractivity contribution >= 4 is 11.8 Å². The number of oxazole rings is 1. The molecule has 0 atom stereocenters. The second kappa shape index (κ2) is 9.04. The zero-order chi connectivity index (χ0) is 20.9. The van der Waals surface area contributed by atoms with Crippen molar-refractivity contribution in [1.82, 2.24) is 19.9 Å². The van der Waals surface area contributed by atoms with Gasteiger partial charge < -0.3 is 15.0 Å². The average molecular weight is 422 g/mol. The van der Waals surface area contributed by atoms with Crippen molar-refractivity contribution in [1.29, 1.82) is 0 Å². The van der Waals surface area contributed by atoms with Gasteiger partial charge in [0.1, 0.15) is 18.6 Å². The van der Waals surface area contributed by atoms with Crippen molar-refractivity contribution in [2.24, 2.45) is 0 Å². The molecule has 0 spiro atoms. The fourth-order valence-electron chi connectivity index (χ4n) is 2.83. The van der Waals surface area contributed by atoms with Crippen LogP contribution >= 0.6 is 11.8 Å². The first-order valence-electron chi connectivity index (χ1n) is 9.65. The summed E-state index contributed by atoms with van der Waals surface area (Å²) in [6, 6.07) is 17.8. The van der Waals surface area contributed by atoms with Gasteiger partial charge in [-0.2, -0.15) is 0 Å². The summed E-state index contributed by atoms with van der Waals surface area (Å²) in [5.74, 6) is 9.11. The molecule has 2 aromatic heterocycles. The molecule has 0 aliphatic heterocycles. The van der Waals surface area contributed by atoms with Crippen molar-refractivity contribution in [3.63, 3.8) is 0 Å². The van der Waals surface area contributed by atoms with Crippen LogP contribution in [-0.4, -0.2) is 19.9 Å². The van der Waals surface area contributed by atoms with E-state index in [1.807, 2.05) is 42.5 Å². The number of hydrogen-bond donors (Lipinski definition) is 1. The topological polar surface area (TPSA) is 92.0 Å². The molecule has 2 N–H and O–H groups in total. The van der Waals surface area contributed by atoms with Gasteiger partial charge in [0.05, 0.1) is 5.69 Å². The molecule has 4 aromatic rings. The molecule has 0 radical (unpaired) electrons. The zero-order valence-electron chi connectivity index (χ0n) is 16.9. The van der Waals surface area contributed by atoms with Crippen molar-refractivity contribution < 1.29 is 9.15 Å². The zero-order valence-corrected chi connectivity index (χ0v) is 17.7. The monoisotopic (exact) mass is 421 g/mol. The summed E-state index contributed by atoms with van der Waals surface area (Å²) in [4.78, 5) is 4.52. The lowest BCUT2D eigenvalue weighted by atomic mass is 10.0. The lowest BCUT2D eigenvalue weighted by molar-refractivity contribution is 0.291. The first-order valence-corrected chi connectivity index (χ1v) is 10.6. The van der Waals surface area contributed by atoms with Crippen molar-refractivity contribution in [2.75, 3.05) is 5.84 Å². The van der Waals surface area contributed by atoms with Crippen LogP contribution in [0.25, 0.3) is 11.5 Å². The predicted octanol–water partition coefficient (Wildman–Crippen LogP) is 4.64. The Morgan fingerprint density at radius 2 is 1.83 bits per heavy atom. The lowest BCUT2D eigenvalue weighted by Crippen LogP contribution is -2.15. The number of nitrogen functional groups attached to an aromatic ring is 1. The van der Waals surface area contributed by atoms with Crippen LogP contribution in [0.15, 0.2) is 70.4 Å². The first kappa shape index (κ1) is 20.0. The summed E-state index contributed by atoms with van der Waals surface area (Å²) >= 11 is 1.44. The number of nitrogens with zero attached hydrogens (tertiary/aromatic N) is 4. The highest BCUT2D eigenvalue weighted by Gasteiger charge is 2.13. The van der Waals surface area contributed by atoms with E-state index < -0.39 is 0 Å². The molecule has 7 nitrogen and oxygen atoms in total. The van der Waals surface area contributed by atoms with Gasteiger partial charge in [0.2, 0.25) is 11.0 Å². The van der Waals surface area contributed by atoms with E-state index in [2.05, 4.69) is 41.2 Å². The Morgan fingerprint density at radius 1 is 1.07 bits per heavy atom. The third kappa shape index (κ3) is 4.65. The maximum atomic E-state index is 6.14. The Bertz CT molecular complexity index is 1090. The second-order valence-electron chi connectivity index (χ2n) is 7.08. The van der Waals surface area contributed by atoms with E-state index >= 15 is 0 Å². The Morgan fingerprint density at radius 3 is 2.57 bits per heavy atom. The Labute approximate surface area is 179 Å². The molecule has 0 saturated carbocycles. The Hall–Kier alpha value is -3.26. The highest BCUT2D eigenvalue weighted by molar-refractivity contribution is 7.98. The molecule has 0 bridgehead atoms. The van der Waals surface area contributed by atoms with Crippen molar-refractivity contribution in [2.45, 2.75) is 37.3 Å². The van der Waals surface area contributed by atoms with Crippen molar-refractivity contribution in [3.05, 3.63) is 77.9 Å². The largest absolute Gasteiger partial charge is 0.486 e. The number of aromatic nitrogens is 4. The van der Waals surface area contributed by atoms with Gasteiger partial charge in [-0.3, -0.25) is 0 Å². The molecule has 0 amide bonds. The van der Waals surface area contributed by atoms with Gasteiger partial charge >= 0.3 is 0 Å². The minimum absolute atomic E-state index is 0.243. The lowest BCUT2D eigenvalue weighted by Gasteiger charge is -2.08. The summed E-state index contributed by atoms with van der Waals surface area (Å²) in [6.07, 6.45) is 1.65. The third-order valence-corrected chi connectivity index (χ3v) is 5.55. The average Bonchev–Trinajstić information content (AvgIpc) is 3.38. The Kier molecular flexibility index (Phi) is 6.04. The van der Waals surface area contributed by atoms with Crippen LogP contribution in [0.1, 0.15) is 36.8 Å². The van der Waals surface area contributed by atoms with E-state index in [-0.39, 0.29) is 6.61 Å². The van der Waals surface area contributed by atoms with Gasteiger partial charge in [-0.1, -0.05) is 55.9 Å². The van der Waals surface area contributed by atoms with E-state index in [4.69, 9.17) is 15.0 Å². The number of hydrogen-bond acceptors (Lipinski definition) is 7. The van der Waals surface area contributed by atoms with Crippen LogP contribution in [0, 0.1) is 0 Å². The van der Waals surface area contributed by atoms with E-state index in [9.17, 15) is 0 Å². The fraction of sp³-hybridized carbons (Fsp3) is 0.227. The van der Waals surface area contributed by atoms with Gasteiger partial charge in [-0.25, -0.2) is 9.66 Å². The number of rotatable bonds is 8. The summed E-state index contributed by atoms with van der Waals surface area (Å²) in [6.45, 7) is 4.56. The maximum absolute atomic E-state index is 6.14. The molecule has 4 rings (SSSR count). The number of thioether (sulfide) groups is 1. The number of benzene rings is 2. The van der Waals surface area contributed by atoms with Crippen LogP contribution in [0.2, 0.25) is 0 Å². The van der Waals surface area contributed by atoms with Gasteiger partial charge in [-0.15, -0.1) is 10.2 Å². The van der Waals surface area contributed by atoms with Gasteiger partial charge in [0.15, 0.2) is 5.82 Å². The predicted molar refractivity (Wildman–Crippen MR) is 117 cm³/mol. The van der Waals surface area contributed by atoms with E-state index in [1.54, 1.807) is 6.26 Å². The summed E-state index contributed by atoms with van der Waals surface area (Å²) in [5.41, 5.74) is 3.02. The summed E-state index contributed by atoms with van der Waals surface area (Å²) < 4.78 is 12.8. The van der Waals surface area contributed by atoms with Crippen LogP contribution in [0.5, 0.6) is 5.75 Å². The van der Waals surface area contributed by atoms with Crippen LogP contribution < -0.4 is 10.6 Å². The molecule has 30 heavy (non-hydrogen) atoms. The van der Waals surface area contributed by atoms with Crippen LogP contribution in [0.3, 0.4) is 0 Å². The number of ether oxygens (including phenoxy) is 1. The molecule has 2 aromatic carbocycles. The van der Waals surface area contributed by atoms with Gasteiger partial charge in [0, 0.05) is 11.3 Å². The summed E-state index contributed by atoms with van der Waals surface area (Å²) in [7, 11) is 0. The molecule has 0 unspecified atom stereocenters. The molecule has 8 heteroatoms. The minimum atomic E-state index is 0.243. The summed E-state index contributed by atoms with van der Waals surface area (Å²) in [5, 5.41) is 8.89. The third-order valence-electron chi connectivity index (χ3n) is 4.57. The molecule has 0 fully saturated rings. The smallest absolute Gasteiger partial charge is 0.226 e. The van der Waals surface area contributed by atoms with Crippen LogP contribution in [0.4, 0.5) is 0 Å². The molecular formula is C22H23N5O2S. The number of nitrogens with two attached hydrogens (primary N) is 1. The standard InChI is InChI=1S/C22H23N5O2S/c1-15(2)16-8-10-19(11-9-16)28-13-20-25-26-22(27(20)23)30-14-18-12-29-21(24-18)17-6-4-3-5-7-17/h3-12,15H,13-14,23H2,1-2H3. The van der Waals surface area contributed by atoms with Crippen LogP contribution in [-0.2, 0) is 12.4 Å². The van der Waals surface area contributed by atoms with Crippen molar-refractivity contribution in [3.8, 4) is 17.2 Å². The van der Waals surface area contributed by atoms with E-state index in [0.29, 0.717) is 28.5 Å². The van der Waals surface area contributed by atoms with Gasteiger partial charge in [0.25, 0.3) is 0 Å². The first-order chi connectivity index (χ1) is 14.6. The van der Waals surface area contributed by atoms with E-state index in [1.165, 1.54) is 22.0 Å². The maximum Gasteiger partial charge on any atom is 0.226 e. The minimum Gasteiger partial charge on any atom is -0.486 e. The second-order valence-corrected chi connectivity index (χ2v) is 8.02. The molecule has 2 heterocycles. The highest BCUT2D eigenvalue weighted by Crippen LogP contribution is 2.24. The molecule has 0 aliphatic rings. The molecule has 0 aliphatic carbocycles. The van der Waals surface area contributed by atoms with E-state index in [0.717, 1.165) is 17.0 Å². The fourth-order valence-corrected chi connectivity index (χ4v) is 3.58. The Balaban J connectivity index is 1.34. The quantitative estimate of drug-likeness (QED) is 0.327. The van der Waals surface area contributed by atoms with Gasteiger partial charge in [-0.05, 0) is 35.7 Å². The highest BCUT2D eigenvalue weighted by atomic mass is 32.2. The SMILES string of the molecule is CC(C)c1ccc(OCc2nnc(SCc3coc(-c4ccccc4)n3)n2N)cc1. The molecular weight excluding hydrogens is 398 g/mol. The normalized spacial score (nSPS) is 11.2.